The minimum Gasteiger partial charge on any atom is -0.380 e. The Hall–Kier alpha value is -2.99. The number of rotatable bonds is 4. The van der Waals surface area contributed by atoms with Crippen LogP contribution in [0.1, 0.15) is 23.0 Å². The molecular formula is C21H21N3O3. The molecule has 6 heteroatoms. The molecule has 2 heterocycles. The van der Waals surface area contributed by atoms with Crippen LogP contribution in [0, 0.1) is 12.3 Å². The van der Waals surface area contributed by atoms with Gasteiger partial charge in [0.15, 0.2) is 0 Å². The number of nitrogens with one attached hydrogen (secondary N) is 1. The van der Waals surface area contributed by atoms with E-state index in [1.54, 1.807) is 30.3 Å². The number of hydrogen-bond acceptors (Lipinski definition) is 4. The summed E-state index contributed by atoms with van der Waals surface area (Å²) >= 11 is 0. The van der Waals surface area contributed by atoms with Crippen LogP contribution in [0.3, 0.4) is 0 Å². The van der Waals surface area contributed by atoms with Crippen molar-refractivity contribution >= 4 is 16.7 Å². The van der Waals surface area contributed by atoms with Crippen molar-refractivity contribution in [1.29, 1.82) is 0 Å². The van der Waals surface area contributed by atoms with Crippen molar-refractivity contribution in [2.45, 2.75) is 13.8 Å². The average Bonchev–Trinajstić information content (AvgIpc) is 2.67. The van der Waals surface area contributed by atoms with Gasteiger partial charge in [0.05, 0.1) is 30.0 Å². The molecule has 0 radical (unpaired) electrons. The van der Waals surface area contributed by atoms with Crippen LogP contribution in [0.2, 0.25) is 0 Å². The molecule has 6 nitrogen and oxygen atoms in total. The third-order valence-corrected chi connectivity index (χ3v) is 4.92. The zero-order chi connectivity index (χ0) is 19.0. The van der Waals surface area contributed by atoms with Gasteiger partial charge in [0.25, 0.3) is 11.5 Å². The van der Waals surface area contributed by atoms with Gasteiger partial charge in [-0.3, -0.25) is 9.59 Å². The van der Waals surface area contributed by atoms with Gasteiger partial charge in [-0.05, 0) is 31.2 Å². The van der Waals surface area contributed by atoms with Crippen LogP contribution in [-0.2, 0) is 4.74 Å². The summed E-state index contributed by atoms with van der Waals surface area (Å²) in [7, 11) is 0. The summed E-state index contributed by atoms with van der Waals surface area (Å²) < 4.78 is 6.57. The number of carbonyl (C=O) groups is 1. The quantitative estimate of drug-likeness (QED) is 0.773. The molecule has 4 rings (SSSR count). The average molecular weight is 363 g/mol. The van der Waals surface area contributed by atoms with E-state index in [4.69, 9.17) is 4.74 Å². The van der Waals surface area contributed by atoms with Gasteiger partial charge in [0, 0.05) is 22.9 Å². The van der Waals surface area contributed by atoms with E-state index >= 15 is 0 Å². The van der Waals surface area contributed by atoms with Crippen molar-refractivity contribution in [3.05, 3.63) is 70.1 Å². The molecule has 0 saturated carbocycles. The van der Waals surface area contributed by atoms with Gasteiger partial charge < -0.3 is 10.1 Å². The molecule has 0 bridgehead atoms. The molecule has 1 aromatic heterocycles. The van der Waals surface area contributed by atoms with Gasteiger partial charge in [-0.25, -0.2) is 0 Å². The van der Waals surface area contributed by atoms with Crippen molar-refractivity contribution in [3.63, 3.8) is 0 Å². The standard InChI is InChI=1S/C21H21N3O3/c1-14-17-8-3-4-9-18(17)20(26)24(23-14)16-7-5-6-15(10-16)19(25)22-11-21(2)12-27-13-21/h3-10H,11-13H2,1-2H3,(H,22,25). The van der Waals surface area contributed by atoms with Gasteiger partial charge >= 0.3 is 0 Å². The Balaban J connectivity index is 1.66. The summed E-state index contributed by atoms with van der Waals surface area (Å²) in [5.74, 6) is -0.171. The maximum absolute atomic E-state index is 12.9. The number of aryl methyl sites for hydroxylation is 1. The number of hydrogen-bond donors (Lipinski definition) is 1. The molecule has 1 N–H and O–H groups in total. The number of carbonyl (C=O) groups excluding carboxylic acids is 1. The normalized spacial score (nSPS) is 15.3. The Morgan fingerprint density at radius 2 is 1.93 bits per heavy atom. The monoisotopic (exact) mass is 363 g/mol. The number of ether oxygens (including phenoxy) is 1. The van der Waals surface area contributed by atoms with Gasteiger partial charge in [0.2, 0.25) is 0 Å². The first-order valence-corrected chi connectivity index (χ1v) is 8.92. The molecule has 1 fully saturated rings. The molecule has 0 unspecified atom stereocenters. The number of benzene rings is 2. The molecule has 0 spiro atoms. The van der Waals surface area contributed by atoms with Gasteiger partial charge in [0.1, 0.15) is 0 Å². The second-order valence-electron chi connectivity index (χ2n) is 7.38. The van der Waals surface area contributed by atoms with E-state index in [0.29, 0.717) is 36.4 Å². The summed E-state index contributed by atoms with van der Waals surface area (Å²) in [6.45, 7) is 5.82. The lowest BCUT2D eigenvalue weighted by Gasteiger charge is -2.38. The van der Waals surface area contributed by atoms with Crippen LogP contribution >= 0.6 is 0 Å². The Morgan fingerprint density at radius 3 is 2.63 bits per heavy atom. The maximum atomic E-state index is 12.9. The lowest BCUT2D eigenvalue weighted by Crippen LogP contribution is -2.48. The maximum Gasteiger partial charge on any atom is 0.279 e. The third-order valence-electron chi connectivity index (χ3n) is 4.92. The van der Waals surface area contributed by atoms with E-state index in [1.807, 2.05) is 25.1 Å². The second kappa shape index (κ2) is 6.63. The topological polar surface area (TPSA) is 73.2 Å². The molecule has 1 aliphatic heterocycles. The van der Waals surface area contributed by atoms with E-state index < -0.39 is 0 Å². The predicted octanol–water partition coefficient (Wildman–Crippen LogP) is 2.46. The molecular weight excluding hydrogens is 342 g/mol. The first kappa shape index (κ1) is 17.4. The van der Waals surface area contributed by atoms with Crippen molar-refractivity contribution in [3.8, 4) is 5.69 Å². The highest BCUT2D eigenvalue weighted by molar-refractivity contribution is 5.94. The van der Waals surface area contributed by atoms with Crippen LogP contribution in [0.25, 0.3) is 16.5 Å². The molecule has 138 valence electrons. The Bertz CT molecular complexity index is 1080. The van der Waals surface area contributed by atoms with Crippen molar-refractivity contribution < 1.29 is 9.53 Å². The molecule has 1 amide bonds. The summed E-state index contributed by atoms with van der Waals surface area (Å²) in [5.41, 5.74) is 1.63. The van der Waals surface area contributed by atoms with Crippen LogP contribution in [0.15, 0.2) is 53.3 Å². The van der Waals surface area contributed by atoms with Crippen LogP contribution in [0.4, 0.5) is 0 Å². The first-order valence-electron chi connectivity index (χ1n) is 8.92. The highest BCUT2D eigenvalue weighted by atomic mass is 16.5. The molecule has 2 aromatic carbocycles. The van der Waals surface area contributed by atoms with Crippen molar-refractivity contribution in [2.75, 3.05) is 19.8 Å². The van der Waals surface area contributed by atoms with E-state index in [9.17, 15) is 9.59 Å². The molecule has 1 aliphatic rings. The van der Waals surface area contributed by atoms with E-state index in [1.165, 1.54) is 4.68 Å². The van der Waals surface area contributed by atoms with Crippen LogP contribution in [0.5, 0.6) is 0 Å². The molecule has 0 atom stereocenters. The lowest BCUT2D eigenvalue weighted by molar-refractivity contribution is -0.0978. The zero-order valence-electron chi connectivity index (χ0n) is 15.4. The lowest BCUT2D eigenvalue weighted by atomic mass is 9.88. The fourth-order valence-electron chi connectivity index (χ4n) is 3.25. The van der Waals surface area contributed by atoms with E-state index in [0.717, 1.165) is 11.1 Å². The summed E-state index contributed by atoms with van der Waals surface area (Å²) in [4.78, 5) is 25.4. The highest BCUT2D eigenvalue weighted by Gasteiger charge is 2.33. The Labute approximate surface area is 156 Å². The largest absolute Gasteiger partial charge is 0.380 e. The molecule has 3 aromatic rings. The molecule has 0 aliphatic carbocycles. The second-order valence-corrected chi connectivity index (χ2v) is 7.38. The van der Waals surface area contributed by atoms with Gasteiger partial charge in [-0.15, -0.1) is 0 Å². The molecule has 1 saturated heterocycles. The SMILES string of the molecule is Cc1nn(-c2cccc(C(=O)NCC3(C)COC3)c2)c(=O)c2ccccc12. The van der Waals surface area contributed by atoms with E-state index in [-0.39, 0.29) is 16.9 Å². The Morgan fingerprint density at radius 1 is 1.19 bits per heavy atom. The number of fused-ring (bicyclic) bond motifs is 1. The summed E-state index contributed by atoms with van der Waals surface area (Å²) in [6.07, 6.45) is 0. The number of amides is 1. The van der Waals surface area contributed by atoms with Gasteiger partial charge in [-0.2, -0.15) is 9.78 Å². The molecule has 27 heavy (non-hydrogen) atoms. The zero-order valence-corrected chi connectivity index (χ0v) is 15.4. The Kier molecular flexibility index (Phi) is 4.28. The third kappa shape index (κ3) is 3.24. The number of nitrogens with zero attached hydrogens (tertiary/aromatic N) is 2. The minimum absolute atomic E-state index is 0.00121. The fraction of sp³-hybridized carbons (Fsp3) is 0.286. The van der Waals surface area contributed by atoms with Crippen molar-refractivity contribution in [2.24, 2.45) is 5.41 Å². The van der Waals surface area contributed by atoms with Crippen LogP contribution < -0.4 is 10.9 Å². The van der Waals surface area contributed by atoms with Crippen LogP contribution in [-0.4, -0.2) is 35.4 Å². The fourth-order valence-corrected chi connectivity index (χ4v) is 3.25. The summed E-state index contributed by atoms with van der Waals surface area (Å²) in [5, 5.41) is 8.83. The highest BCUT2D eigenvalue weighted by Crippen LogP contribution is 2.25. The summed E-state index contributed by atoms with van der Waals surface area (Å²) in [6, 6.07) is 14.4. The number of aromatic nitrogens is 2. The van der Waals surface area contributed by atoms with Gasteiger partial charge in [-0.1, -0.05) is 31.2 Å². The smallest absolute Gasteiger partial charge is 0.279 e. The first-order chi connectivity index (χ1) is 13.0. The van der Waals surface area contributed by atoms with Crippen molar-refractivity contribution in [1.82, 2.24) is 15.1 Å². The minimum atomic E-state index is -0.201. The van der Waals surface area contributed by atoms with E-state index in [2.05, 4.69) is 17.3 Å². The predicted molar refractivity (Wildman–Crippen MR) is 103 cm³/mol.